The third kappa shape index (κ3) is 5.42. The van der Waals surface area contributed by atoms with Crippen LogP contribution in [0.25, 0.3) is 0 Å². The Labute approximate surface area is 136 Å². The maximum absolute atomic E-state index is 12.8. The average molecular weight is 321 g/mol. The molecule has 1 rings (SSSR count). The van der Waals surface area contributed by atoms with Crippen molar-refractivity contribution < 1.29 is 9.53 Å². The van der Waals surface area contributed by atoms with Gasteiger partial charge >= 0.3 is 0 Å². The average Bonchev–Trinajstić information content (AvgIpc) is 2.73. The number of likely N-dealkylation sites (tertiary alicyclic amines) is 1. The lowest BCUT2D eigenvalue weighted by atomic mass is 9.81. The lowest BCUT2D eigenvalue weighted by molar-refractivity contribution is -0.142. The summed E-state index contributed by atoms with van der Waals surface area (Å²) in [6.07, 6.45) is 6.09. The first-order valence-corrected chi connectivity index (χ1v) is 8.24. The Bertz CT molecular complexity index is 288. The van der Waals surface area contributed by atoms with Crippen molar-refractivity contribution in [1.29, 1.82) is 0 Å². The quantitative estimate of drug-likeness (QED) is 0.784. The fraction of sp³-hybridized carbons (Fsp3) is 0.938. The van der Waals surface area contributed by atoms with E-state index in [2.05, 4.69) is 20.8 Å². The minimum atomic E-state index is -0.357. The first-order valence-electron chi connectivity index (χ1n) is 8.24. The van der Waals surface area contributed by atoms with Gasteiger partial charge in [-0.1, -0.05) is 20.8 Å². The number of amides is 1. The minimum Gasteiger partial charge on any atom is -0.378 e. The Balaban J connectivity index is 0.00000400. The minimum absolute atomic E-state index is 0. The molecule has 0 radical (unpaired) electrons. The maximum Gasteiger partial charge on any atom is 0.230 e. The fourth-order valence-electron chi connectivity index (χ4n) is 2.98. The summed E-state index contributed by atoms with van der Waals surface area (Å²) >= 11 is 0. The highest BCUT2D eigenvalue weighted by atomic mass is 35.5. The highest BCUT2D eigenvalue weighted by Crippen LogP contribution is 2.29. The van der Waals surface area contributed by atoms with Gasteiger partial charge in [0.25, 0.3) is 0 Å². The van der Waals surface area contributed by atoms with Crippen LogP contribution in [0.3, 0.4) is 0 Å². The summed E-state index contributed by atoms with van der Waals surface area (Å²) in [7, 11) is 0. The molecule has 1 unspecified atom stereocenters. The van der Waals surface area contributed by atoms with E-state index in [1.807, 2.05) is 4.90 Å². The van der Waals surface area contributed by atoms with Crippen molar-refractivity contribution in [2.45, 2.75) is 65.4 Å². The van der Waals surface area contributed by atoms with Crippen LogP contribution in [0.2, 0.25) is 0 Å². The zero-order valence-corrected chi connectivity index (χ0v) is 14.7. The third-order valence-electron chi connectivity index (χ3n) is 4.72. The van der Waals surface area contributed by atoms with Gasteiger partial charge in [0, 0.05) is 26.2 Å². The molecule has 1 saturated heterocycles. The molecule has 0 aromatic carbocycles. The van der Waals surface area contributed by atoms with Crippen molar-refractivity contribution in [3.05, 3.63) is 0 Å². The van der Waals surface area contributed by atoms with E-state index in [9.17, 15) is 4.79 Å². The number of carbonyl (C=O) groups excluding carboxylic acids is 1. The van der Waals surface area contributed by atoms with Crippen molar-refractivity contribution >= 4 is 18.3 Å². The predicted octanol–water partition coefficient (Wildman–Crippen LogP) is 2.98. The van der Waals surface area contributed by atoms with Crippen LogP contribution in [0, 0.1) is 5.41 Å². The zero-order valence-electron chi connectivity index (χ0n) is 13.9. The molecule has 2 N–H and O–H groups in total. The highest BCUT2D eigenvalue weighted by Gasteiger charge is 2.37. The zero-order chi connectivity index (χ0) is 15.0. The Morgan fingerprint density at radius 1 is 1.24 bits per heavy atom. The number of rotatable bonds is 7. The first-order chi connectivity index (χ1) is 9.63. The van der Waals surface area contributed by atoms with Crippen LogP contribution in [0.5, 0.6) is 0 Å². The summed E-state index contributed by atoms with van der Waals surface area (Å²) < 4.78 is 5.84. The smallest absolute Gasteiger partial charge is 0.230 e. The van der Waals surface area contributed by atoms with Crippen LogP contribution >= 0.6 is 12.4 Å². The van der Waals surface area contributed by atoms with Crippen LogP contribution in [-0.4, -0.2) is 43.2 Å². The third-order valence-corrected chi connectivity index (χ3v) is 4.72. The molecule has 1 atom stereocenters. The van der Waals surface area contributed by atoms with Gasteiger partial charge in [-0.2, -0.15) is 0 Å². The second-order valence-electron chi connectivity index (χ2n) is 5.91. The van der Waals surface area contributed by atoms with Gasteiger partial charge in [-0.05, 0) is 38.5 Å². The first kappa shape index (κ1) is 20.7. The molecule has 1 amide bonds. The van der Waals surface area contributed by atoms with Crippen LogP contribution in [-0.2, 0) is 9.53 Å². The van der Waals surface area contributed by atoms with Crippen LogP contribution in [0.15, 0.2) is 0 Å². The summed E-state index contributed by atoms with van der Waals surface area (Å²) in [5, 5.41) is 0. The Morgan fingerprint density at radius 3 is 2.43 bits per heavy atom. The number of hydrogen-bond donors (Lipinski definition) is 1. The molecule has 1 fully saturated rings. The van der Waals surface area contributed by atoms with Gasteiger partial charge in [0.1, 0.15) is 0 Å². The normalized spacial score (nSPS) is 19.8. The SMILES string of the molecule is CCCOC1CCCN(C(=O)C(CC)(CC)CN)CC1.Cl. The molecule has 1 aliphatic heterocycles. The van der Waals surface area contributed by atoms with Gasteiger partial charge < -0.3 is 15.4 Å². The van der Waals surface area contributed by atoms with Crippen molar-refractivity contribution in [3.63, 3.8) is 0 Å². The summed E-state index contributed by atoms with van der Waals surface area (Å²) in [5.74, 6) is 0.251. The maximum atomic E-state index is 12.8. The Hall–Kier alpha value is -0.320. The molecule has 1 aliphatic rings. The van der Waals surface area contributed by atoms with E-state index in [1.165, 1.54) is 0 Å². The molecule has 0 aromatic heterocycles. The number of nitrogens with two attached hydrogens (primary N) is 1. The second kappa shape index (κ2) is 10.4. The standard InChI is InChI=1S/C16H32N2O2.ClH/c1-4-12-20-14-8-7-10-18(11-9-14)15(19)16(5-2,6-3)13-17;/h14H,4-13,17H2,1-3H3;1H. The van der Waals surface area contributed by atoms with Crippen LogP contribution < -0.4 is 5.73 Å². The molecule has 5 heteroatoms. The summed E-state index contributed by atoms with van der Waals surface area (Å²) in [4.78, 5) is 14.8. The van der Waals surface area contributed by atoms with Gasteiger partial charge in [0.05, 0.1) is 11.5 Å². The molecule has 0 aliphatic carbocycles. The number of carbonyl (C=O) groups is 1. The molecule has 0 saturated carbocycles. The molecule has 126 valence electrons. The molecular formula is C16H33ClN2O2. The van der Waals surface area contributed by atoms with E-state index >= 15 is 0 Å². The predicted molar refractivity (Wildman–Crippen MR) is 89.8 cm³/mol. The number of ether oxygens (including phenoxy) is 1. The molecule has 0 aromatic rings. The highest BCUT2D eigenvalue weighted by molar-refractivity contribution is 5.85. The second-order valence-corrected chi connectivity index (χ2v) is 5.91. The van der Waals surface area contributed by atoms with Crippen molar-refractivity contribution in [2.24, 2.45) is 11.1 Å². The molecule has 0 bridgehead atoms. The van der Waals surface area contributed by atoms with Crippen molar-refractivity contribution in [3.8, 4) is 0 Å². The Kier molecular flexibility index (Phi) is 10.3. The monoisotopic (exact) mass is 320 g/mol. The van der Waals surface area contributed by atoms with Crippen molar-refractivity contribution in [1.82, 2.24) is 4.90 Å². The van der Waals surface area contributed by atoms with Gasteiger partial charge in [-0.25, -0.2) is 0 Å². The Morgan fingerprint density at radius 2 is 1.90 bits per heavy atom. The van der Waals surface area contributed by atoms with Crippen molar-refractivity contribution in [2.75, 3.05) is 26.2 Å². The molecular weight excluding hydrogens is 288 g/mol. The van der Waals surface area contributed by atoms with E-state index < -0.39 is 0 Å². The molecule has 4 nitrogen and oxygen atoms in total. The number of nitrogens with zero attached hydrogens (tertiary/aromatic N) is 1. The van der Waals surface area contributed by atoms with E-state index in [1.54, 1.807) is 0 Å². The summed E-state index contributed by atoms with van der Waals surface area (Å²) in [6, 6.07) is 0. The summed E-state index contributed by atoms with van der Waals surface area (Å²) in [5.41, 5.74) is 5.54. The largest absolute Gasteiger partial charge is 0.378 e. The lowest BCUT2D eigenvalue weighted by Gasteiger charge is -2.34. The number of halogens is 1. The van der Waals surface area contributed by atoms with E-state index in [-0.39, 0.29) is 23.7 Å². The molecule has 21 heavy (non-hydrogen) atoms. The van der Waals surface area contributed by atoms with Gasteiger partial charge in [-0.3, -0.25) is 4.79 Å². The van der Waals surface area contributed by atoms with Gasteiger partial charge in [0.15, 0.2) is 0 Å². The van der Waals surface area contributed by atoms with E-state index in [4.69, 9.17) is 10.5 Å². The van der Waals surface area contributed by atoms with Gasteiger partial charge in [-0.15, -0.1) is 12.4 Å². The molecule has 1 heterocycles. The van der Waals surface area contributed by atoms with Crippen LogP contribution in [0.1, 0.15) is 59.3 Å². The lowest BCUT2D eigenvalue weighted by Crippen LogP contribution is -2.48. The summed E-state index contributed by atoms with van der Waals surface area (Å²) in [6.45, 7) is 9.21. The molecule has 0 spiro atoms. The fourth-order valence-corrected chi connectivity index (χ4v) is 2.98. The topological polar surface area (TPSA) is 55.6 Å². The van der Waals surface area contributed by atoms with E-state index in [0.29, 0.717) is 12.6 Å². The van der Waals surface area contributed by atoms with E-state index in [0.717, 1.165) is 58.2 Å². The van der Waals surface area contributed by atoms with Crippen LogP contribution in [0.4, 0.5) is 0 Å². The number of hydrogen-bond acceptors (Lipinski definition) is 3. The van der Waals surface area contributed by atoms with Gasteiger partial charge in [0.2, 0.25) is 5.91 Å².